The average Bonchev–Trinajstić information content (AvgIpc) is 3.34. The Morgan fingerprint density at radius 2 is 1.47 bits per heavy atom. The van der Waals surface area contributed by atoms with E-state index in [9.17, 15) is 19.8 Å². The Kier molecular flexibility index (Phi) is 8.73. The summed E-state index contributed by atoms with van der Waals surface area (Å²) in [7, 11) is 0. The van der Waals surface area contributed by atoms with Crippen LogP contribution in [0.25, 0.3) is 0 Å². The lowest BCUT2D eigenvalue weighted by molar-refractivity contribution is -0.250. The molecule has 0 saturated heterocycles. The third-order valence-corrected chi connectivity index (χ3v) is 6.34. The Morgan fingerprint density at radius 3 is 1.92 bits per heavy atom. The maximum atomic E-state index is 12.2. The van der Waals surface area contributed by atoms with Crippen LogP contribution in [0, 0.1) is 0 Å². The molecule has 3 aromatic carbocycles. The van der Waals surface area contributed by atoms with Crippen molar-refractivity contribution in [1.82, 2.24) is 15.1 Å². The molecule has 1 aromatic heterocycles. The minimum absolute atomic E-state index is 0.141. The summed E-state index contributed by atoms with van der Waals surface area (Å²) in [6.45, 7) is 0.442. The average molecular weight is 513 g/mol. The molecule has 0 aliphatic heterocycles. The highest BCUT2D eigenvalue weighted by atomic mass is 16.4. The molecule has 0 saturated carbocycles. The molecular formula is C29H30N5O4-. The highest BCUT2D eigenvalue weighted by Crippen LogP contribution is 2.42. The first-order valence-corrected chi connectivity index (χ1v) is 12.4. The Hall–Kier alpha value is -4.63. The van der Waals surface area contributed by atoms with E-state index in [4.69, 9.17) is 0 Å². The second kappa shape index (κ2) is 12.6. The van der Waals surface area contributed by atoms with Gasteiger partial charge in [0.1, 0.15) is 23.1 Å². The number of hydrogen-bond acceptors (Lipinski definition) is 6. The Labute approximate surface area is 221 Å². The number of carbonyl (C=O) groups is 2. The monoisotopic (exact) mass is 512 g/mol. The van der Waals surface area contributed by atoms with Crippen molar-refractivity contribution >= 4 is 24.0 Å². The minimum Gasteiger partial charge on any atom is -0.530 e. The molecule has 0 aliphatic rings. The number of carbonyl (C=O) groups excluding carboxylic acids is 2. The van der Waals surface area contributed by atoms with Crippen LogP contribution in [0.5, 0.6) is 0 Å². The predicted octanol–water partition coefficient (Wildman–Crippen LogP) is 2.57. The second-order valence-electron chi connectivity index (χ2n) is 8.66. The van der Waals surface area contributed by atoms with Crippen molar-refractivity contribution in [2.45, 2.75) is 18.5 Å². The van der Waals surface area contributed by atoms with Crippen molar-refractivity contribution in [2.75, 3.05) is 29.9 Å². The molecular weight excluding hydrogens is 482 g/mol. The van der Waals surface area contributed by atoms with Gasteiger partial charge in [-0.3, -0.25) is 4.79 Å². The fourth-order valence-corrected chi connectivity index (χ4v) is 4.61. The standard InChI is InChI=1S/C29H31N5O4/c35-20-19-34-27(26(21-31-34)33(22-36)18-10-17-30-28(37)38)32-29(23-11-4-1-5-12-23,24-13-6-2-7-14-24)25-15-8-3-9-16-25/h1-9,11-16,21-22,30,32,35H,10,17-20H2,(H,37,38)/p-1. The number of amides is 2. The van der Waals surface area contributed by atoms with Gasteiger partial charge in [0.15, 0.2) is 0 Å². The quantitative estimate of drug-likeness (QED) is 0.144. The predicted molar refractivity (Wildman–Crippen MR) is 144 cm³/mol. The Morgan fingerprint density at radius 1 is 0.947 bits per heavy atom. The van der Waals surface area contributed by atoms with Crippen LogP contribution >= 0.6 is 0 Å². The van der Waals surface area contributed by atoms with E-state index in [2.05, 4.69) is 15.7 Å². The van der Waals surface area contributed by atoms with Gasteiger partial charge in [-0.05, 0) is 23.1 Å². The van der Waals surface area contributed by atoms with Crippen LogP contribution < -0.4 is 20.6 Å². The summed E-state index contributed by atoms with van der Waals surface area (Å²) in [5, 5.41) is 30.9. The Bertz CT molecular complexity index is 1220. The van der Waals surface area contributed by atoms with Gasteiger partial charge in [0.25, 0.3) is 0 Å². The van der Waals surface area contributed by atoms with Gasteiger partial charge in [-0.15, -0.1) is 0 Å². The maximum Gasteiger partial charge on any atom is 0.214 e. The molecule has 3 N–H and O–H groups in total. The van der Waals surface area contributed by atoms with E-state index in [0.29, 0.717) is 24.3 Å². The van der Waals surface area contributed by atoms with Crippen LogP contribution in [0.15, 0.2) is 97.2 Å². The number of anilines is 2. The largest absolute Gasteiger partial charge is 0.530 e. The molecule has 196 valence electrons. The minimum atomic E-state index is -1.36. The van der Waals surface area contributed by atoms with Crippen LogP contribution in [-0.4, -0.2) is 47.1 Å². The third-order valence-electron chi connectivity index (χ3n) is 6.34. The summed E-state index contributed by atoms with van der Waals surface area (Å²) >= 11 is 0. The van der Waals surface area contributed by atoms with Crippen molar-refractivity contribution in [3.05, 3.63) is 114 Å². The van der Waals surface area contributed by atoms with Crippen LogP contribution in [0.2, 0.25) is 0 Å². The summed E-state index contributed by atoms with van der Waals surface area (Å²) in [6, 6.07) is 30.0. The lowest BCUT2D eigenvalue weighted by Gasteiger charge is -2.38. The number of nitrogens with zero attached hydrogens (tertiary/aromatic N) is 3. The number of carboxylic acid groups (broad SMARTS) is 1. The number of hydrogen-bond donors (Lipinski definition) is 3. The summed E-state index contributed by atoms with van der Waals surface area (Å²) in [5.74, 6) is 0.538. The smallest absolute Gasteiger partial charge is 0.214 e. The van der Waals surface area contributed by atoms with E-state index >= 15 is 0 Å². The van der Waals surface area contributed by atoms with Crippen molar-refractivity contribution < 1.29 is 19.8 Å². The normalized spacial score (nSPS) is 11.1. The highest BCUT2D eigenvalue weighted by molar-refractivity contribution is 5.83. The zero-order chi connectivity index (χ0) is 26.8. The summed E-state index contributed by atoms with van der Waals surface area (Å²) < 4.78 is 1.63. The van der Waals surface area contributed by atoms with E-state index in [-0.39, 0.29) is 26.2 Å². The fraction of sp³-hybridized carbons (Fsp3) is 0.207. The number of aromatic nitrogens is 2. The van der Waals surface area contributed by atoms with Gasteiger partial charge in [0.2, 0.25) is 6.41 Å². The first-order valence-electron chi connectivity index (χ1n) is 12.4. The summed E-state index contributed by atoms with van der Waals surface area (Å²) in [4.78, 5) is 24.4. The van der Waals surface area contributed by atoms with Crippen molar-refractivity contribution in [2.24, 2.45) is 0 Å². The topological polar surface area (TPSA) is 123 Å². The molecule has 0 unspecified atom stereocenters. The Balaban J connectivity index is 1.87. The van der Waals surface area contributed by atoms with Crippen LogP contribution in [0.1, 0.15) is 23.1 Å². The molecule has 0 atom stereocenters. The molecule has 4 rings (SSSR count). The summed E-state index contributed by atoms with van der Waals surface area (Å²) in [5.41, 5.74) is 2.54. The zero-order valence-corrected chi connectivity index (χ0v) is 20.9. The molecule has 0 bridgehead atoms. The molecule has 4 aromatic rings. The van der Waals surface area contributed by atoms with Gasteiger partial charge in [-0.1, -0.05) is 91.0 Å². The number of aliphatic hydroxyl groups is 1. The van der Waals surface area contributed by atoms with Gasteiger partial charge in [-0.2, -0.15) is 5.10 Å². The van der Waals surface area contributed by atoms with Crippen molar-refractivity contribution in [3.8, 4) is 0 Å². The number of benzene rings is 3. The first-order chi connectivity index (χ1) is 18.6. The van der Waals surface area contributed by atoms with Crippen molar-refractivity contribution in [1.29, 1.82) is 0 Å². The number of aliphatic hydroxyl groups excluding tert-OH is 1. The molecule has 0 aliphatic carbocycles. The van der Waals surface area contributed by atoms with Gasteiger partial charge in [-0.25, -0.2) is 4.68 Å². The molecule has 9 heteroatoms. The van der Waals surface area contributed by atoms with E-state index in [0.717, 1.165) is 16.7 Å². The van der Waals surface area contributed by atoms with E-state index in [1.54, 1.807) is 10.9 Å². The SMILES string of the molecule is O=CN(CCCNC(=O)[O-])c1cnn(CCO)c1NC(c1ccccc1)(c1ccccc1)c1ccccc1. The van der Waals surface area contributed by atoms with E-state index in [1.807, 2.05) is 91.0 Å². The molecule has 0 fully saturated rings. The highest BCUT2D eigenvalue weighted by Gasteiger charge is 2.38. The second-order valence-corrected chi connectivity index (χ2v) is 8.66. The van der Waals surface area contributed by atoms with Crippen molar-refractivity contribution in [3.63, 3.8) is 0 Å². The number of rotatable bonds is 13. The third kappa shape index (κ3) is 5.68. The molecule has 1 heterocycles. The molecule has 0 radical (unpaired) electrons. The first kappa shape index (κ1) is 26.4. The maximum absolute atomic E-state index is 12.2. The molecule has 38 heavy (non-hydrogen) atoms. The lowest BCUT2D eigenvalue weighted by atomic mass is 9.77. The zero-order valence-electron chi connectivity index (χ0n) is 20.9. The fourth-order valence-electron chi connectivity index (χ4n) is 4.61. The molecule has 2 amide bonds. The van der Waals surface area contributed by atoms with Crippen LogP contribution in [-0.2, 0) is 16.9 Å². The van der Waals surface area contributed by atoms with Gasteiger partial charge < -0.3 is 30.5 Å². The summed E-state index contributed by atoms with van der Waals surface area (Å²) in [6.07, 6.45) is 1.28. The number of nitrogens with one attached hydrogen (secondary N) is 2. The van der Waals surface area contributed by atoms with Crippen LogP contribution in [0.4, 0.5) is 16.3 Å². The van der Waals surface area contributed by atoms with Gasteiger partial charge in [0.05, 0.1) is 19.3 Å². The van der Waals surface area contributed by atoms with Crippen LogP contribution in [0.3, 0.4) is 0 Å². The van der Waals surface area contributed by atoms with Gasteiger partial charge in [0, 0.05) is 13.1 Å². The van der Waals surface area contributed by atoms with E-state index in [1.165, 1.54) is 4.90 Å². The van der Waals surface area contributed by atoms with E-state index < -0.39 is 11.6 Å². The molecule has 0 spiro atoms. The van der Waals surface area contributed by atoms with Gasteiger partial charge >= 0.3 is 0 Å². The lowest BCUT2D eigenvalue weighted by Crippen LogP contribution is -2.40. The molecule has 9 nitrogen and oxygen atoms in total.